The largest absolute Gasteiger partial charge is 0.463 e. The van der Waals surface area contributed by atoms with Gasteiger partial charge >= 0.3 is 23.9 Å². The molecule has 36 heavy (non-hydrogen) atoms. The molecule has 1 aliphatic carbocycles. The van der Waals surface area contributed by atoms with Crippen LogP contribution in [-0.2, 0) is 52.6 Å². The average Bonchev–Trinajstić information content (AvgIpc) is 3.43. The van der Waals surface area contributed by atoms with Crippen molar-refractivity contribution in [1.29, 1.82) is 0 Å². The first-order valence-electron chi connectivity index (χ1n) is 11.7. The molecule has 0 saturated carbocycles. The van der Waals surface area contributed by atoms with Gasteiger partial charge in [0.2, 0.25) is 12.3 Å². The van der Waals surface area contributed by atoms with E-state index >= 15 is 0 Å². The summed E-state index contributed by atoms with van der Waals surface area (Å²) in [7, 11) is 1.50. The summed E-state index contributed by atoms with van der Waals surface area (Å²) in [5.41, 5.74) is 9.04. The number of benzene rings is 1. The Labute approximate surface area is 206 Å². The number of amides is 2. The Kier molecular flexibility index (Phi) is 6.19. The number of nitrogens with zero attached hydrogens (tertiary/aromatic N) is 2. The van der Waals surface area contributed by atoms with Gasteiger partial charge in [0.1, 0.15) is 24.7 Å². The summed E-state index contributed by atoms with van der Waals surface area (Å²) in [6, 6.07) is 5.32. The molecule has 1 aromatic carbocycles. The highest BCUT2D eigenvalue weighted by Gasteiger charge is 2.60. The van der Waals surface area contributed by atoms with Crippen molar-refractivity contribution in [2.45, 2.75) is 50.2 Å². The van der Waals surface area contributed by atoms with Crippen LogP contribution in [0.5, 0.6) is 0 Å². The minimum absolute atomic E-state index is 0.0196. The van der Waals surface area contributed by atoms with E-state index in [1.807, 2.05) is 18.2 Å². The standard InChI is InChI=1S/C25H25N3O8/c1-28(10-9-18(26)27-25(28)32)24-23-22(35-19(29)7-8-20(30)36-23)17(34-24)13-33-21(31)12-14-5-6-15-3-2-4-16(15)11-14/h5-11,17,22-24H,2-4,12-13H2,1H3,(H-,26,27,32)/p+1/b8-7-/t17-,22-,23-,24-,28?/m1/s1. The number of hydrogen-bond acceptors (Lipinski definition) is 9. The molecule has 5 atom stereocenters. The molecule has 1 saturated heterocycles. The molecule has 1 unspecified atom stereocenters. The van der Waals surface area contributed by atoms with Gasteiger partial charge in [-0.15, -0.1) is 4.99 Å². The van der Waals surface area contributed by atoms with Crippen LogP contribution in [-0.4, -0.2) is 72.5 Å². The molecule has 0 spiro atoms. The molecule has 0 bridgehead atoms. The summed E-state index contributed by atoms with van der Waals surface area (Å²) in [6.45, 7) is -0.278. The number of fused-ring (bicyclic) bond motifs is 2. The third-order valence-electron chi connectivity index (χ3n) is 6.79. The van der Waals surface area contributed by atoms with Crippen LogP contribution >= 0.6 is 0 Å². The highest BCUT2D eigenvalue weighted by Crippen LogP contribution is 2.35. The molecular formula is C25H26N3O8+. The first kappa shape index (κ1) is 23.9. The average molecular weight is 496 g/mol. The number of ether oxygens (including phenoxy) is 4. The van der Waals surface area contributed by atoms with Gasteiger partial charge in [-0.3, -0.25) is 4.79 Å². The van der Waals surface area contributed by atoms with Crippen LogP contribution in [0.4, 0.5) is 4.79 Å². The van der Waals surface area contributed by atoms with Gasteiger partial charge in [0, 0.05) is 18.2 Å². The van der Waals surface area contributed by atoms with E-state index in [4.69, 9.17) is 24.7 Å². The van der Waals surface area contributed by atoms with Crippen molar-refractivity contribution in [2.24, 2.45) is 10.7 Å². The molecule has 1 fully saturated rings. The van der Waals surface area contributed by atoms with Gasteiger partial charge in [0.05, 0.1) is 13.5 Å². The minimum Gasteiger partial charge on any atom is -0.463 e. The maximum atomic E-state index is 12.8. The number of urea groups is 1. The number of carbonyl (C=O) groups is 4. The highest BCUT2D eigenvalue weighted by atomic mass is 16.7. The molecule has 0 aromatic heterocycles. The number of carbonyl (C=O) groups excluding carboxylic acids is 4. The lowest BCUT2D eigenvalue weighted by atomic mass is 10.0. The van der Waals surface area contributed by atoms with Crippen molar-refractivity contribution in [3.8, 4) is 0 Å². The molecule has 0 radical (unpaired) electrons. The monoisotopic (exact) mass is 496 g/mol. The van der Waals surface area contributed by atoms with Gasteiger partial charge in [-0.05, 0) is 36.0 Å². The van der Waals surface area contributed by atoms with Crippen LogP contribution in [0, 0.1) is 0 Å². The fraction of sp³-hybridized carbons (Fsp3) is 0.400. The van der Waals surface area contributed by atoms with Crippen molar-refractivity contribution < 1.29 is 42.6 Å². The molecule has 2 amide bonds. The predicted octanol–water partition coefficient (Wildman–Crippen LogP) is 0.830. The quantitative estimate of drug-likeness (QED) is 0.356. The zero-order chi connectivity index (χ0) is 25.4. The number of aryl methyl sites for hydroxylation is 2. The third kappa shape index (κ3) is 4.54. The summed E-state index contributed by atoms with van der Waals surface area (Å²) in [4.78, 5) is 53.6. The van der Waals surface area contributed by atoms with Crippen molar-refractivity contribution in [2.75, 3.05) is 13.7 Å². The summed E-state index contributed by atoms with van der Waals surface area (Å²) in [5.74, 6) is -2.05. The summed E-state index contributed by atoms with van der Waals surface area (Å²) >= 11 is 0. The van der Waals surface area contributed by atoms with Gasteiger partial charge in [0.25, 0.3) is 0 Å². The van der Waals surface area contributed by atoms with E-state index in [0.717, 1.165) is 37.0 Å². The molecule has 5 rings (SSSR count). The molecule has 4 aliphatic rings. The van der Waals surface area contributed by atoms with E-state index in [-0.39, 0.29) is 18.9 Å². The van der Waals surface area contributed by atoms with Crippen LogP contribution in [0.15, 0.2) is 47.6 Å². The van der Waals surface area contributed by atoms with Crippen LogP contribution in [0.25, 0.3) is 0 Å². The topological polar surface area (TPSA) is 144 Å². The Hall–Kier alpha value is -3.83. The highest BCUT2D eigenvalue weighted by molar-refractivity contribution is 5.99. The van der Waals surface area contributed by atoms with Crippen molar-refractivity contribution in [3.63, 3.8) is 0 Å². The predicted molar refractivity (Wildman–Crippen MR) is 123 cm³/mol. The Morgan fingerprint density at radius 3 is 2.56 bits per heavy atom. The van der Waals surface area contributed by atoms with Crippen LogP contribution in [0.2, 0.25) is 0 Å². The zero-order valence-electron chi connectivity index (χ0n) is 19.6. The number of quaternary nitrogens is 1. The Balaban J connectivity index is 1.33. The number of rotatable bonds is 5. The van der Waals surface area contributed by atoms with E-state index in [9.17, 15) is 19.2 Å². The summed E-state index contributed by atoms with van der Waals surface area (Å²) in [6.07, 6.45) is 3.58. The smallest absolute Gasteiger partial charge is 0.451 e. The van der Waals surface area contributed by atoms with Crippen LogP contribution in [0.3, 0.4) is 0 Å². The zero-order valence-corrected chi connectivity index (χ0v) is 19.6. The number of amidine groups is 1. The molecular weight excluding hydrogens is 470 g/mol. The number of likely N-dealkylation sites (N-methyl/N-ethyl adjacent to an activating group) is 1. The number of aliphatic imine (C=N–C) groups is 1. The molecule has 2 N–H and O–H groups in total. The van der Waals surface area contributed by atoms with Crippen molar-refractivity contribution >= 4 is 29.8 Å². The van der Waals surface area contributed by atoms with Crippen molar-refractivity contribution in [3.05, 3.63) is 59.3 Å². The second kappa shape index (κ2) is 9.32. The number of nitrogens with two attached hydrogens (primary N) is 1. The number of hydrogen-bond donors (Lipinski definition) is 1. The third-order valence-corrected chi connectivity index (χ3v) is 6.79. The molecule has 188 valence electrons. The number of esters is 3. The molecule has 3 heterocycles. The maximum absolute atomic E-state index is 12.8. The minimum atomic E-state index is -1.17. The normalized spacial score (nSPS) is 31.9. The molecule has 11 heteroatoms. The fourth-order valence-electron chi connectivity index (χ4n) is 4.90. The Morgan fingerprint density at radius 1 is 1.08 bits per heavy atom. The second-order valence-electron chi connectivity index (χ2n) is 9.30. The first-order chi connectivity index (χ1) is 17.2. The molecule has 11 nitrogen and oxygen atoms in total. The lowest BCUT2D eigenvalue weighted by Crippen LogP contribution is -2.58. The van der Waals surface area contributed by atoms with Crippen LogP contribution < -0.4 is 5.73 Å². The van der Waals surface area contributed by atoms with Gasteiger partial charge in [-0.1, -0.05) is 18.2 Å². The maximum Gasteiger partial charge on any atom is 0.451 e. The SMILES string of the molecule is C[N+]1([C@@H]2O[C@H](COC(=O)Cc3ccc4c(c3)CCC4)[C@H]3OC(=O)/C=C\C(=O)O[C@H]32)C=CC(N)=NC1=O. The van der Waals surface area contributed by atoms with Gasteiger partial charge < -0.3 is 24.7 Å². The molecule has 1 aromatic rings. The van der Waals surface area contributed by atoms with Gasteiger partial charge in [0.15, 0.2) is 6.10 Å². The Bertz CT molecular complexity index is 1220. The summed E-state index contributed by atoms with van der Waals surface area (Å²) < 4.78 is 22.0. The Morgan fingerprint density at radius 2 is 1.81 bits per heavy atom. The van der Waals surface area contributed by atoms with E-state index in [2.05, 4.69) is 4.99 Å². The first-order valence-corrected chi connectivity index (χ1v) is 11.7. The fourth-order valence-corrected chi connectivity index (χ4v) is 4.90. The van der Waals surface area contributed by atoms with Gasteiger partial charge in [-0.25, -0.2) is 14.4 Å². The molecule has 3 aliphatic heterocycles. The summed E-state index contributed by atoms with van der Waals surface area (Å²) in [5, 5.41) is 0. The lowest BCUT2D eigenvalue weighted by molar-refractivity contribution is -0.834. The van der Waals surface area contributed by atoms with E-state index in [0.29, 0.717) is 0 Å². The van der Waals surface area contributed by atoms with E-state index in [1.54, 1.807) is 0 Å². The van der Waals surface area contributed by atoms with Gasteiger partial charge in [-0.2, -0.15) is 4.48 Å². The van der Waals surface area contributed by atoms with Crippen molar-refractivity contribution in [1.82, 2.24) is 0 Å². The van der Waals surface area contributed by atoms with E-state index < -0.39 is 53.0 Å². The second-order valence-corrected chi connectivity index (χ2v) is 9.30. The lowest BCUT2D eigenvalue weighted by Gasteiger charge is -2.34. The van der Waals surface area contributed by atoms with E-state index in [1.165, 1.54) is 30.5 Å². The van der Waals surface area contributed by atoms with Crippen LogP contribution in [0.1, 0.15) is 23.1 Å².